The number of hydrogen-bond donors (Lipinski definition) is 2. The number of ether oxygens (including phenoxy) is 1. The van der Waals surface area contributed by atoms with Crippen molar-refractivity contribution in [1.82, 2.24) is 14.8 Å². The number of anilines is 2. The lowest BCUT2D eigenvalue weighted by atomic mass is 9.94. The first-order chi connectivity index (χ1) is 18.9. The van der Waals surface area contributed by atoms with E-state index in [4.69, 9.17) is 14.8 Å². The largest absolute Gasteiger partial charge is 0.494 e. The molecule has 0 fully saturated rings. The lowest BCUT2D eigenvalue weighted by Gasteiger charge is -2.29. The van der Waals surface area contributed by atoms with Crippen molar-refractivity contribution in [2.45, 2.75) is 84.3 Å². The minimum Gasteiger partial charge on any atom is -0.494 e. The fourth-order valence-corrected chi connectivity index (χ4v) is 5.56. The highest BCUT2D eigenvalue weighted by atomic mass is 32.2. The van der Waals surface area contributed by atoms with Crippen LogP contribution in [0.4, 0.5) is 11.6 Å². The molecule has 208 valence electrons. The van der Waals surface area contributed by atoms with Gasteiger partial charge in [-0.15, -0.1) is 5.10 Å². The van der Waals surface area contributed by atoms with Gasteiger partial charge in [0.2, 0.25) is 11.1 Å². The van der Waals surface area contributed by atoms with Crippen LogP contribution in [0.1, 0.15) is 82.0 Å². The van der Waals surface area contributed by atoms with Crippen LogP contribution in [0.2, 0.25) is 0 Å². The number of unbranched alkanes of at least 4 members (excludes halogenated alkanes) is 4. The molecule has 39 heavy (non-hydrogen) atoms. The summed E-state index contributed by atoms with van der Waals surface area (Å²) in [6.45, 7) is 11.1. The van der Waals surface area contributed by atoms with Crippen molar-refractivity contribution in [1.29, 1.82) is 0 Å². The Bertz CT molecular complexity index is 1300. The van der Waals surface area contributed by atoms with Crippen LogP contribution in [0.25, 0.3) is 0 Å². The van der Waals surface area contributed by atoms with Gasteiger partial charge in [0.25, 0.3) is 5.91 Å². The highest BCUT2D eigenvalue weighted by Gasteiger charge is 2.34. The molecule has 1 atom stereocenters. The third-order valence-electron chi connectivity index (χ3n) is 7.12. The van der Waals surface area contributed by atoms with Crippen LogP contribution >= 0.6 is 11.8 Å². The molecule has 0 saturated carbocycles. The first-order valence-electron chi connectivity index (χ1n) is 14.1. The predicted octanol–water partition coefficient (Wildman–Crippen LogP) is 7.67. The van der Waals surface area contributed by atoms with Crippen LogP contribution in [0.3, 0.4) is 0 Å². The molecular formula is C31H41N5O2S. The van der Waals surface area contributed by atoms with E-state index in [0.29, 0.717) is 23.3 Å². The van der Waals surface area contributed by atoms with E-state index < -0.39 is 6.04 Å². The Morgan fingerprint density at radius 1 is 1.03 bits per heavy atom. The van der Waals surface area contributed by atoms with Crippen LogP contribution < -0.4 is 15.4 Å². The van der Waals surface area contributed by atoms with E-state index in [1.165, 1.54) is 19.3 Å². The number of thioether (sulfide) groups is 1. The molecule has 2 N–H and O–H groups in total. The minimum atomic E-state index is -0.419. The second-order valence-corrected chi connectivity index (χ2v) is 11.2. The third kappa shape index (κ3) is 7.04. The topological polar surface area (TPSA) is 81.1 Å². The zero-order chi connectivity index (χ0) is 27.8. The summed E-state index contributed by atoms with van der Waals surface area (Å²) in [5.41, 5.74) is 5.34. The molecule has 2 heterocycles. The molecule has 4 rings (SSSR count). The van der Waals surface area contributed by atoms with Crippen molar-refractivity contribution >= 4 is 29.3 Å². The van der Waals surface area contributed by atoms with Crippen LogP contribution in [-0.2, 0) is 4.79 Å². The minimum absolute atomic E-state index is 0.156. The Balaban J connectivity index is 1.63. The fourth-order valence-electron chi connectivity index (χ4n) is 4.64. The molecule has 1 aliphatic rings. The van der Waals surface area contributed by atoms with Crippen LogP contribution in [0, 0.1) is 13.8 Å². The molecule has 0 bridgehead atoms. The van der Waals surface area contributed by atoms with Gasteiger partial charge in [-0.2, -0.15) is 4.98 Å². The van der Waals surface area contributed by atoms with E-state index in [0.717, 1.165) is 58.8 Å². The lowest BCUT2D eigenvalue weighted by molar-refractivity contribution is -0.113. The maximum atomic E-state index is 13.8. The van der Waals surface area contributed by atoms with Gasteiger partial charge in [0.15, 0.2) is 0 Å². The average Bonchev–Trinajstić information content (AvgIpc) is 3.33. The lowest BCUT2D eigenvalue weighted by Crippen LogP contribution is -2.31. The molecule has 1 aromatic heterocycles. The van der Waals surface area contributed by atoms with Gasteiger partial charge in [0.1, 0.15) is 11.8 Å². The van der Waals surface area contributed by atoms with Gasteiger partial charge in [0.05, 0.1) is 12.2 Å². The summed E-state index contributed by atoms with van der Waals surface area (Å²) in [4.78, 5) is 18.6. The Kier molecular flexibility index (Phi) is 10.1. The Morgan fingerprint density at radius 3 is 2.54 bits per heavy atom. The molecule has 1 unspecified atom stereocenters. The second-order valence-electron chi connectivity index (χ2n) is 10.1. The molecule has 1 amide bonds. The number of amides is 1. The SMILES string of the molecule is CCCCCCOc1ccc(C2C(C(=O)Nc3cccc(C)c3C)=C(C)Nc3nc(SCCCC)nn32)cc1. The number of nitrogens with zero attached hydrogens (tertiary/aromatic N) is 3. The monoisotopic (exact) mass is 547 g/mol. The van der Waals surface area contributed by atoms with E-state index in [-0.39, 0.29) is 5.91 Å². The number of benzene rings is 2. The van der Waals surface area contributed by atoms with E-state index in [1.807, 2.05) is 67.9 Å². The van der Waals surface area contributed by atoms with Gasteiger partial charge in [-0.05, 0) is 68.5 Å². The number of nitrogens with one attached hydrogen (secondary N) is 2. The maximum Gasteiger partial charge on any atom is 0.255 e. The Morgan fingerprint density at radius 2 is 1.79 bits per heavy atom. The van der Waals surface area contributed by atoms with Gasteiger partial charge in [0, 0.05) is 17.1 Å². The summed E-state index contributed by atoms with van der Waals surface area (Å²) in [6.07, 6.45) is 6.90. The van der Waals surface area contributed by atoms with Gasteiger partial charge in [-0.3, -0.25) is 4.79 Å². The molecular weight excluding hydrogens is 506 g/mol. The summed E-state index contributed by atoms with van der Waals surface area (Å²) >= 11 is 1.65. The molecule has 1 aliphatic heterocycles. The quantitative estimate of drug-likeness (QED) is 0.169. The van der Waals surface area contributed by atoms with E-state index in [2.05, 4.69) is 24.5 Å². The van der Waals surface area contributed by atoms with Gasteiger partial charge < -0.3 is 15.4 Å². The molecule has 0 radical (unpaired) electrons. The number of allylic oxidation sites excluding steroid dienone is 1. The van der Waals surface area contributed by atoms with Crippen molar-refractivity contribution in [3.8, 4) is 5.75 Å². The normalized spacial score (nSPS) is 14.6. The number of aryl methyl sites for hydroxylation is 1. The van der Waals surface area contributed by atoms with Crippen LogP contribution in [0.5, 0.6) is 5.75 Å². The summed E-state index contributed by atoms with van der Waals surface area (Å²) in [5.74, 6) is 2.29. The first kappa shape index (κ1) is 28.7. The number of aromatic nitrogens is 3. The van der Waals surface area contributed by atoms with Crippen molar-refractivity contribution in [3.63, 3.8) is 0 Å². The van der Waals surface area contributed by atoms with Crippen molar-refractivity contribution < 1.29 is 9.53 Å². The average molecular weight is 548 g/mol. The number of carbonyl (C=O) groups excluding carboxylic acids is 1. The van der Waals surface area contributed by atoms with Gasteiger partial charge >= 0.3 is 0 Å². The van der Waals surface area contributed by atoms with Crippen molar-refractivity contribution in [2.75, 3.05) is 23.0 Å². The Hall–Kier alpha value is -3.26. The number of fused-ring (bicyclic) bond motifs is 1. The third-order valence-corrected chi connectivity index (χ3v) is 8.05. The van der Waals surface area contributed by atoms with Gasteiger partial charge in [-0.1, -0.05) is 75.6 Å². The van der Waals surface area contributed by atoms with Crippen molar-refractivity contribution in [3.05, 3.63) is 70.4 Å². The number of hydrogen-bond acceptors (Lipinski definition) is 6. The summed E-state index contributed by atoms with van der Waals surface area (Å²) < 4.78 is 7.83. The van der Waals surface area contributed by atoms with E-state index in [1.54, 1.807) is 11.8 Å². The molecule has 0 saturated heterocycles. The second kappa shape index (κ2) is 13.7. The Labute approximate surface area is 236 Å². The van der Waals surface area contributed by atoms with Crippen LogP contribution in [-0.4, -0.2) is 33.0 Å². The van der Waals surface area contributed by atoms with E-state index in [9.17, 15) is 4.79 Å². The fraction of sp³-hybridized carbons (Fsp3) is 0.452. The van der Waals surface area contributed by atoms with Crippen LogP contribution in [0.15, 0.2) is 58.9 Å². The number of rotatable bonds is 13. The first-order valence-corrected chi connectivity index (χ1v) is 15.1. The molecule has 7 nitrogen and oxygen atoms in total. The zero-order valence-corrected chi connectivity index (χ0v) is 24.7. The molecule has 0 aliphatic carbocycles. The molecule has 8 heteroatoms. The van der Waals surface area contributed by atoms with Crippen molar-refractivity contribution in [2.24, 2.45) is 0 Å². The maximum absolute atomic E-state index is 13.8. The smallest absolute Gasteiger partial charge is 0.255 e. The highest BCUT2D eigenvalue weighted by molar-refractivity contribution is 7.99. The number of carbonyl (C=O) groups is 1. The zero-order valence-electron chi connectivity index (χ0n) is 23.8. The predicted molar refractivity (Wildman–Crippen MR) is 161 cm³/mol. The van der Waals surface area contributed by atoms with Gasteiger partial charge in [-0.25, -0.2) is 4.68 Å². The van der Waals surface area contributed by atoms with E-state index >= 15 is 0 Å². The summed E-state index contributed by atoms with van der Waals surface area (Å²) in [5, 5.41) is 12.1. The molecule has 0 spiro atoms. The molecule has 2 aromatic carbocycles. The highest BCUT2D eigenvalue weighted by Crippen LogP contribution is 2.37. The standard InChI is InChI=1S/C31H41N5O2S/c1-6-8-10-11-19-38-25-17-15-24(16-18-25)28-27(29(37)33-26-14-12-13-21(3)22(26)4)23(5)32-30-34-31(35-36(28)30)39-20-9-7-2/h12-18,28H,6-11,19-20H2,1-5H3,(H,33,37)(H,32,34,35). The molecule has 3 aromatic rings. The summed E-state index contributed by atoms with van der Waals surface area (Å²) in [7, 11) is 0. The summed E-state index contributed by atoms with van der Waals surface area (Å²) in [6, 6.07) is 13.6.